The lowest BCUT2D eigenvalue weighted by Gasteiger charge is -2.20. The summed E-state index contributed by atoms with van der Waals surface area (Å²) in [5.74, 6) is 0.306. The normalized spacial score (nSPS) is 12.2. The molecule has 3 aromatic rings. The fourth-order valence-corrected chi connectivity index (χ4v) is 3.19. The first-order valence-electron chi connectivity index (χ1n) is 8.08. The van der Waals surface area contributed by atoms with Gasteiger partial charge in [-0.2, -0.15) is 0 Å². The van der Waals surface area contributed by atoms with Gasteiger partial charge in [-0.1, -0.05) is 29.8 Å². The van der Waals surface area contributed by atoms with Gasteiger partial charge < -0.3 is 10.4 Å². The van der Waals surface area contributed by atoms with Crippen LogP contribution in [0.1, 0.15) is 29.9 Å². The zero-order valence-electron chi connectivity index (χ0n) is 14.6. The van der Waals surface area contributed by atoms with Crippen LogP contribution in [0.15, 0.2) is 41.2 Å². The maximum atomic E-state index is 13.3. The SMILES string of the molecule is Cc1ccc(C)c(-n2c(C(C)NC(=O)O)nc3cccc(Cl)c3c2=O)c1. The summed E-state index contributed by atoms with van der Waals surface area (Å²) in [6, 6.07) is 10.1. The minimum absolute atomic E-state index is 0.306. The molecular weight excluding hydrogens is 354 g/mol. The summed E-state index contributed by atoms with van der Waals surface area (Å²) in [5, 5.41) is 12.1. The van der Waals surface area contributed by atoms with Gasteiger partial charge in [0.15, 0.2) is 0 Å². The summed E-state index contributed by atoms with van der Waals surface area (Å²) in [7, 11) is 0. The Bertz CT molecular complexity index is 1080. The van der Waals surface area contributed by atoms with Gasteiger partial charge in [0.2, 0.25) is 0 Å². The second-order valence-electron chi connectivity index (χ2n) is 6.21. The number of carboxylic acid groups (broad SMARTS) is 1. The number of fused-ring (bicyclic) bond motifs is 1. The standard InChI is InChI=1S/C19H18ClN3O3/c1-10-7-8-11(2)15(9-10)23-17(12(3)21-19(25)26)22-14-6-4-5-13(20)16(14)18(23)24/h4-9,12,21H,1-3H3,(H,25,26). The van der Waals surface area contributed by atoms with Crippen LogP contribution in [-0.4, -0.2) is 20.8 Å². The topological polar surface area (TPSA) is 84.2 Å². The van der Waals surface area contributed by atoms with E-state index in [1.54, 1.807) is 25.1 Å². The molecule has 1 aromatic heterocycles. The summed E-state index contributed by atoms with van der Waals surface area (Å²) >= 11 is 6.25. The van der Waals surface area contributed by atoms with Crippen molar-refractivity contribution in [3.05, 3.63) is 68.7 Å². The molecule has 0 saturated carbocycles. The van der Waals surface area contributed by atoms with Crippen LogP contribution in [0.5, 0.6) is 0 Å². The van der Waals surface area contributed by atoms with Crippen molar-refractivity contribution < 1.29 is 9.90 Å². The summed E-state index contributed by atoms with van der Waals surface area (Å²) in [6.07, 6.45) is -1.19. The van der Waals surface area contributed by atoms with E-state index in [1.807, 2.05) is 32.0 Å². The predicted octanol–water partition coefficient (Wildman–Crippen LogP) is 3.98. The molecule has 134 valence electrons. The number of hydrogen-bond donors (Lipinski definition) is 2. The quantitative estimate of drug-likeness (QED) is 0.729. The van der Waals surface area contributed by atoms with E-state index < -0.39 is 12.1 Å². The smallest absolute Gasteiger partial charge is 0.405 e. The second kappa shape index (κ2) is 6.80. The Morgan fingerprint density at radius 2 is 2.00 bits per heavy atom. The van der Waals surface area contributed by atoms with Crippen molar-refractivity contribution in [1.29, 1.82) is 0 Å². The van der Waals surface area contributed by atoms with Crippen LogP contribution >= 0.6 is 11.6 Å². The molecule has 0 aliphatic carbocycles. The van der Waals surface area contributed by atoms with E-state index in [1.165, 1.54) is 4.57 Å². The summed E-state index contributed by atoms with van der Waals surface area (Å²) < 4.78 is 1.44. The Balaban J connectivity index is 2.43. The molecule has 0 radical (unpaired) electrons. The van der Waals surface area contributed by atoms with Crippen LogP contribution in [0, 0.1) is 13.8 Å². The number of hydrogen-bond acceptors (Lipinski definition) is 3. The molecule has 1 heterocycles. The summed E-state index contributed by atoms with van der Waals surface area (Å²) in [4.78, 5) is 28.9. The molecule has 0 spiro atoms. The van der Waals surface area contributed by atoms with Crippen molar-refractivity contribution in [2.45, 2.75) is 26.8 Å². The van der Waals surface area contributed by atoms with Crippen LogP contribution < -0.4 is 10.9 Å². The maximum Gasteiger partial charge on any atom is 0.405 e. The molecule has 0 saturated heterocycles. The molecule has 0 fully saturated rings. The molecule has 2 N–H and O–H groups in total. The van der Waals surface area contributed by atoms with E-state index >= 15 is 0 Å². The number of halogens is 1. The highest BCUT2D eigenvalue weighted by Gasteiger charge is 2.21. The predicted molar refractivity (Wildman–Crippen MR) is 101 cm³/mol. The Morgan fingerprint density at radius 1 is 1.27 bits per heavy atom. The molecule has 2 aromatic carbocycles. The highest BCUT2D eigenvalue weighted by molar-refractivity contribution is 6.35. The number of nitrogens with zero attached hydrogens (tertiary/aromatic N) is 2. The third kappa shape index (κ3) is 3.15. The van der Waals surface area contributed by atoms with E-state index in [0.717, 1.165) is 11.1 Å². The molecule has 1 amide bonds. The number of nitrogens with one attached hydrogen (secondary N) is 1. The Hall–Kier alpha value is -2.86. The zero-order valence-corrected chi connectivity index (χ0v) is 15.3. The summed E-state index contributed by atoms with van der Waals surface area (Å²) in [5.41, 5.74) is 2.59. The average molecular weight is 372 g/mol. The van der Waals surface area contributed by atoms with E-state index in [-0.39, 0.29) is 5.56 Å². The van der Waals surface area contributed by atoms with Gasteiger partial charge in [-0.15, -0.1) is 0 Å². The third-order valence-corrected chi connectivity index (χ3v) is 4.52. The molecule has 26 heavy (non-hydrogen) atoms. The van der Waals surface area contributed by atoms with E-state index in [4.69, 9.17) is 16.7 Å². The lowest BCUT2D eigenvalue weighted by atomic mass is 10.1. The van der Waals surface area contributed by atoms with Gasteiger partial charge in [0.25, 0.3) is 5.56 Å². The zero-order chi connectivity index (χ0) is 19.0. The van der Waals surface area contributed by atoms with Gasteiger partial charge in [-0.05, 0) is 50.1 Å². The van der Waals surface area contributed by atoms with Gasteiger partial charge >= 0.3 is 6.09 Å². The lowest BCUT2D eigenvalue weighted by Crippen LogP contribution is -2.32. The van der Waals surface area contributed by atoms with Crippen molar-refractivity contribution >= 4 is 28.6 Å². The molecular formula is C19H18ClN3O3. The van der Waals surface area contributed by atoms with Crippen LogP contribution in [0.4, 0.5) is 4.79 Å². The molecule has 1 unspecified atom stereocenters. The second-order valence-corrected chi connectivity index (χ2v) is 6.61. The van der Waals surface area contributed by atoms with Gasteiger partial charge in [0, 0.05) is 0 Å². The van der Waals surface area contributed by atoms with Crippen molar-refractivity contribution in [3.8, 4) is 5.69 Å². The minimum atomic E-state index is -1.19. The number of carbonyl (C=O) groups is 1. The molecule has 6 nitrogen and oxygen atoms in total. The third-order valence-electron chi connectivity index (χ3n) is 4.21. The van der Waals surface area contributed by atoms with Gasteiger partial charge in [0.1, 0.15) is 5.82 Å². The van der Waals surface area contributed by atoms with Crippen molar-refractivity contribution in [3.63, 3.8) is 0 Å². The summed E-state index contributed by atoms with van der Waals surface area (Å²) in [6.45, 7) is 5.46. The highest BCUT2D eigenvalue weighted by atomic mass is 35.5. The fraction of sp³-hybridized carbons (Fsp3) is 0.211. The van der Waals surface area contributed by atoms with Gasteiger partial charge in [0.05, 0.1) is 27.7 Å². The van der Waals surface area contributed by atoms with E-state index in [2.05, 4.69) is 10.3 Å². The number of amides is 1. The van der Waals surface area contributed by atoms with Gasteiger partial charge in [-0.25, -0.2) is 9.78 Å². The molecule has 0 aliphatic rings. The molecule has 1 atom stereocenters. The van der Waals surface area contributed by atoms with Crippen molar-refractivity contribution in [1.82, 2.24) is 14.9 Å². The first-order chi connectivity index (χ1) is 12.3. The van der Waals surface area contributed by atoms with Crippen LogP contribution in [0.2, 0.25) is 5.02 Å². The van der Waals surface area contributed by atoms with Gasteiger partial charge in [-0.3, -0.25) is 9.36 Å². The van der Waals surface area contributed by atoms with E-state index in [0.29, 0.717) is 27.4 Å². The number of rotatable bonds is 3. The molecule has 3 rings (SSSR count). The molecule has 0 bridgehead atoms. The minimum Gasteiger partial charge on any atom is -0.465 e. The molecule has 0 aliphatic heterocycles. The van der Waals surface area contributed by atoms with Crippen LogP contribution in [0.25, 0.3) is 16.6 Å². The Labute approximate surface area is 155 Å². The van der Waals surface area contributed by atoms with E-state index in [9.17, 15) is 9.59 Å². The van der Waals surface area contributed by atoms with Crippen LogP contribution in [-0.2, 0) is 0 Å². The number of aromatic nitrogens is 2. The first kappa shape index (κ1) is 17.9. The fourth-order valence-electron chi connectivity index (χ4n) is 2.94. The molecule has 7 heteroatoms. The highest BCUT2D eigenvalue weighted by Crippen LogP contribution is 2.24. The Morgan fingerprint density at radius 3 is 2.69 bits per heavy atom. The van der Waals surface area contributed by atoms with Crippen LogP contribution in [0.3, 0.4) is 0 Å². The monoisotopic (exact) mass is 371 g/mol. The number of aryl methyl sites for hydroxylation is 2. The Kier molecular flexibility index (Phi) is 4.70. The van der Waals surface area contributed by atoms with Crippen molar-refractivity contribution in [2.24, 2.45) is 0 Å². The largest absolute Gasteiger partial charge is 0.465 e. The average Bonchev–Trinajstić information content (AvgIpc) is 2.56. The lowest BCUT2D eigenvalue weighted by molar-refractivity contribution is 0.190. The first-order valence-corrected chi connectivity index (χ1v) is 8.45. The number of benzene rings is 2. The maximum absolute atomic E-state index is 13.3. The van der Waals surface area contributed by atoms with Crippen molar-refractivity contribution in [2.75, 3.05) is 0 Å².